The third-order valence-electron chi connectivity index (χ3n) is 8.31. The van der Waals surface area contributed by atoms with E-state index in [0.717, 1.165) is 17.5 Å². The molecule has 1 saturated heterocycles. The Morgan fingerprint density at radius 2 is 1.36 bits per heavy atom. The molecule has 3 aromatic carbocycles. The molecule has 36 heavy (non-hydrogen) atoms. The van der Waals surface area contributed by atoms with Crippen LogP contribution in [0.15, 0.2) is 84.9 Å². The van der Waals surface area contributed by atoms with E-state index >= 15 is 0 Å². The van der Waals surface area contributed by atoms with Gasteiger partial charge in [0.2, 0.25) is 0 Å². The molecule has 0 spiro atoms. The monoisotopic (exact) mass is 483 g/mol. The Balaban J connectivity index is 1.67. The lowest BCUT2D eigenvalue weighted by Gasteiger charge is -2.53. The highest BCUT2D eigenvalue weighted by Gasteiger charge is 2.61. The van der Waals surface area contributed by atoms with Crippen LogP contribution in [0.3, 0.4) is 0 Å². The predicted octanol–water partition coefficient (Wildman–Crippen LogP) is 6.45. The number of benzene rings is 3. The summed E-state index contributed by atoms with van der Waals surface area (Å²) < 4.78 is 5.81. The molecule has 5 rings (SSSR count). The minimum absolute atomic E-state index is 0.0215. The molecule has 1 saturated carbocycles. The molecular formula is C32H37NO3. The van der Waals surface area contributed by atoms with Gasteiger partial charge in [0.15, 0.2) is 0 Å². The van der Waals surface area contributed by atoms with Gasteiger partial charge < -0.3 is 14.7 Å². The lowest BCUT2D eigenvalue weighted by Crippen LogP contribution is -2.53. The molecule has 0 unspecified atom stereocenters. The molecule has 0 aromatic heterocycles. The SMILES string of the molecule is Cc1ccccc1[C@]1(O)CCC(c2ccccc2)(c2ccccc2)[C@H]2CN(C(=O)OC(C)(C)C)C[C@H]21. The molecule has 2 aliphatic rings. The van der Waals surface area contributed by atoms with E-state index in [4.69, 9.17) is 4.74 Å². The Labute approximate surface area is 214 Å². The van der Waals surface area contributed by atoms with Crippen LogP contribution in [0, 0.1) is 18.8 Å². The summed E-state index contributed by atoms with van der Waals surface area (Å²) in [5, 5.41) is 12.5. The van der Waals surface area contributed by atoms with E-state index in [1.165, 1.54) is 11.1 Å². The van der Waals surface area contributed by atoms with Crippen molar-refractivity contribution in [2.75, 3.05) is 13.1 Å². The molecule has 188 valence electrons. The number of nitrogens with zero attached hydrogens (tertiary/aromatic N) is 1. The van der Waals surface area contributed by atoms with E-state index in [0.29, 0.717) is 19.5 Å². The van der Waals surface area contributed by atoms with Crippen molar-refractivity contribution in [3.63, 3.8) is 0 Å². The predicted molar refractivity (Wildman–Crippen MR) is 143 cm³/mol. The zero-order valence-electron chi connectivity index (χ0n) is 21.8. The lowest BCUT2D eigenvalue weighted by molar-refractivity contribution is -0.0845. The number of aryl methyl sites for hydroxylation is 1. The largest absolute Gasteiger partial charge is 0.444 e. The number of hydrogen-bond acceptors (Lipinski definition) is 3. The average Bonchev–Trinajstić information content (AvgIpc) is 3.33. The number of ether oxygens (including phenoxy) is 1. The summed E-state index contributed by atoms with van der Waals surface area (Å²) in [6, 6.07) is 29.5. The van der Waals surface area contributed by atoms with Crippen molar-refractivity contribution >= 4 is 6.09 Å². The number of fused-ring (bicyclic) bond motifs is 1. The summed E-state index contributed by atoms with van der Waals surface area (Å²) in [7, 11) is 0. The van der Waals surface area contributed by atoms with Gasteiger partial charge in [0.05, 0.1) is 5.60 Å². The smallest absolute Gasteiger partial charge is 0.410 e. The quantitative estimate of drug-likeness (QED) is 0.466. The first-order chi connectivity index (χ1) is 17.1. The molecule has 0 radical (unpaired) electrons. The van der Waals surface area contributed by atoms with Crippen molar-refractivity contribution in [3.8, 4) is 0 Å². The first kappa shape index (κ1) is 24.6. The molecule has 1 amide bonds. The molecule has 1 aliphatic carbocycles. The second-order valence-electron chi connectivity index (χ2n) is 11.5. The lowest BCUT2D eigenvalue weighted by atomic mass is 9.52. The highest BCUT2D eigenvalue weighted by Crippen LogP contribution is 2.59. The highest BCUT2D eigenvalue weighted by atomic mass is 16.6. The molecule has 1 heterocycles. The zero-order chi connectivity index (χ0) is 25.6. The molecule has 1 N–H and O–H groups in total. The van der Waals surface area contributed by atoms with E-state index in [9.17, 15) is 9.90 Å². The van der Waals surface area contributed by atoms with Crippen molar-refractivity contribution < 1.29 is 14.6 Å². The molecule has 1 aliphatic heterocycles. The van der Waals surface area contributed by atoms with Crippen LogP contribution < -0.4 is 0 Å². The number of rotatable bonds is 3. The molecule has 4 nitrogen and oxygen atoms in total. The summed E-state index contributed by atoms with van der Waals surface area (Å²) in [5.41, 5.74) is 2.61. The Kier molecular flexibility index (Phi) is 6.20. The van der Waals surface area contributed by atoms with Gasteiger partial charge >= 0.3 is 6.09 Å². The van der Waals surface area contributed by atoms with Gasteiger partial charge in [-0.3, -0.25) is 0 Å². The van der Waals surface area contributed by atoms with Crippen LogP contribution in [0.2, 0.25) is 0 Å². The van der Waals surface area contributed by atoms with Crippen molar-refractivity contribution in [1.82, 2.24) is 4.90 Å². The molecule has 4 heteroatoms. The third kappa shape index (κ3) is 4.12. The van der Waals surface area contributed by atoms with Crippen molar-refractivity contribution in [2.45, 2.75) is 57.2 Å². The number of likely N-dealkylation sites (tertiary alicyclic amines) is 1. The standard InChI is InChI=1S/C32H37NO3/c1-23-13-11-12-18-26(23)32(35)20-19-31(24-14-7-5-8-15-24,25-16-9-6-10-17-25)27-21-33(22-28(27)32)29(34)36-30(2,3)4/h5-18,27-28,35H,19-22H2,1-4H3/t27-,28+,32+/m0/s1. The average molecular weight is 484 g/mol. The maximum atomic E-state index is 13.3. The normalized spacial score (nSPS) is 25.3. The van der Waals surface area contributed by atoms with Crippen molar-refractivity contribution in [1.29, 1.82) is 0 Å². The maximum Gasteiger partial charge on any atom is 0.410 e. The third-order valence-corrected chi connectivity index (χ3v) is 8.31. The Hall–Kier alpha value is -3.11. The molecular weight excluding hydrogens is 446 g/mol. The molecule has 2 fully saturated rings. The molecule has 3 atom stereocenters. The van der Waals surface area contributed by atoms with Crippen LogP contribution in [-0.2, 0) is 15.8 Å². The fraction of sp³-hybridized carbons (Fsp3) is 0.406. The zero-order valence-corrected chi connectivity index (χ0v) is 21.8. The summed E-state index contributed by atoms with van der Waals surface area (Å²) in [6.45, 7) is 8.77. The van der Waals surface area contributed by atoms with Crippen molar-refractivity contribution in [2.24, 2.45) is 11.8 Å². The second kappa shape index (κ2) is 9.08. The van der Waals surface area contributed by atoms with Gasteiger partial charge in [-0.2, -0.15) is 0 Å². The van der Waals surface area contributed by atoms with Gasteiger partial charge in [0.1, 0.15) is 5.60 Å². The number of amides is 1. The topological polar surface area (TPSA) is 49.8 Å². The first-order valence-corrected chi connectivity index (χ1v) is 13.0. The summed E-state index contributed by atoms with van der Waals surface area (Å²) in [5.74, 6) is -0.117. The van der Waals surface area contributed by atoms with Crippen LogP contribution in [0.25, 0.3) is 0 Å². The van der Waals surface area contributed by atoms with E-state index in [2.05, 4.69) is 67.6 Å². The minimum Gasteiger partial charge on any atom is -0.444 e. The fourth-order valence-electron chi connectivity index (χ4n) is 6.77. The van der Waals surface area contributed by atoms with Crippen LogP contribution >= 0.6 is 0 Å². The fourth-order valence-corrected chi connectivity index (χ4v) is 6.77. The molecule has 0 bridgehead atoms. The van der Waals surface area contributed by atoms with Gasteiger partial charge in [0.25, 0.3) is 0 Å². The maximum absolute atomic E-state index is 13.3. The first-order valence-electron chi connectivity index (χ1n) is 13.0. The van der Waals surface area contributed by atoms with Gasteiger partial charge in [-0.05, 0) is 68.7 Å². The van der Waals surface area contributed by atoms with Crippen LogP contribution in [0.5, 0.6) is 0 Å². The van der Waals surface area contributed by atoms with Gasteiger partial charge in [-0.15, -0.1) is 0 Å². The van der Waals surface area contributed by atoms with E-state index in [-0.39, 0.29) is 23.3 Å². The van der Waals surface area contributed by atoms with Gasteiger partial charge in [-0.25, -0.2) is 4.79 Å². The second-order valence-corrected chi connectivity index (χ2v) is 11.5. The van der Waals surface area contributed by atoms with Gasteiger partial charge in [0, 0.05) is 24.4 Å². The highest BCUT2D eigenvalue weighted by molar-refractivity contribution is 5.69. The number of hydrogen-bond donors (Lipinski definition) is 1. The van der Waals surface area contributed by atoms with Crippen LogP contribution in [-0.4, -0.2) is 34.8 Å². The Morgan fingerprint density at radius 1 is 0.833 bits per heavy atom. The van der Waals surface area contributed by atoms with E-state index in [1.807, 2.05) is 49.9 Å². The number of aliphatic hydroxyl groups is 1. The Morgan fingerprint density at radius 3 is 1.92 bits per heavy atom. The van der Waals surface area contributed by atoms with E-state index in [1.54, 1.807) is 0 Å². The summed E-state index contributed by atoms with van der Waals surface area (Å²) >= 11 is 0. The van der Waals surface area contributed by atoms with Crippen LogP contribution in [0.4, 0.5) is 4.79 Å². The number of carbonyl (C=O) groups excluding carboxylic acids is 1. The van der Waals surface area contributed by atoms with Crippen LogP contribution in [0.1, 0.15) is 55.9 Å². The minimum atomic E-state index is -1.03. The Bertz CT molecular complexity index is 1180. The van der Waals surface area contributed by atoms with Crippen molar-refractivity contribution in [3.05, 3.63) is 107 Å². The molecule has 3 aromatic rings. The summed E-state index contributed by atoms with van der Waals surface area (Å²) in [6.07, 6.45) is 1.10. The van der Waals surface area contributed by atoms with E-state index < -0.39 is 11.2 Å². The summed E-state index contributed by atoms with van der Waals surface area (Å²) in [4.78, 5) is 15.2. The van der Waals surface area contributed by atoms with Gasteiger partial charge in [-0.1, -0.05) is 84.9 Å². The number of carbonyl (C=O) groups is 1.